The molecule has 4 aromatic carbocycles. The zero-order valence-corrected chi connectivity index (χ0v) is 20.3. The number of rotatable bonds is 9. The fraction of sp³-hybridized carbons (Fsp3) is 0.250. The van der Waals surface area contributed by atoms with Crippen LogP contribution in [0.3, 0.4) is 0 Å². The molecule has 0 aromatic heterocycles. The van der Waals surface area contributed by atoms with Crippen molar-refractivity contribution in [3.63, 3.8) is 0 Å². The van der Waals surface area contributed by atoms with Crippen molar-refractivity contribution in [1.29, 1.82) is 0 Å². The number of ether oxygens (including phenoxy) is 3. The van der Waals surface area contributed by atoms with Crippen LogP contribution in [-0.4, -0.2) is 23.9 Å². The lowest BCUT2D eigenvalue weighted by molar-refractivity contribution is -0.253. The van der Waals surface area contributed by atoms with Gasteiger partial charge in [-0.1, -0.05) is 121 Å². The first kappa shape index (κ1) is 24.4. The van der Waals surface area contributed by atoms with Crippen LogP contribution in [0.15, 0.2) is 121 Å². The monoisotopic (exact) mass is 480 g/mol. The first-order chi connectivity index (χ1) is 17.7. The topological polar surface area (TPSA) is 47.9 Å². The van der Waals surface area contributed by atoms with Crippen LogP contribution in [-0.2, 0) is 33.0 Å². The molecule has 1 N–H and O–H groups in total. The van der Waals surface area contributed by atoms with Crippen LogP contribution in [0.5, 0.6) is 0 Å². The smallest absolute Gasteiger partial charge is 0.121 e. The van der Waals surface area contributed by atoms with Gasteiger partial charge in [-0.05, 0) is 22.3 Å². The van der Waals surface area contributed by atoms with Crippen LogP contribution in [0, 0.1) is 0 Å². The summed E-state index contributed by atoms with van der Waals surface area (Å²) in [6.45, 7) is 1.13. The van der Waals surface area contributed by atoms with E-state index >= 15 is 0 Å². The van der Waals surface area contributed by atoms with E-state index in [0.29, 0.717) is 26.2 Å². The number of aliphatic hydroxyl groups is 1. The van der Waals surface area contributed by atoms with Gasteiger partial charge in [-0.2, -0.15) is 0 Å². The molecular formula is C32H32O4. The van der Waals surface area contributed by atoms with Crippen molar-refractivity contribution < 1.29 is 19.3 Å². The van der Waals surface area contributed by atoms with E-state index in [9.17, 15) is 5.11 Å². The second-order valence-electron chi connectivity index (χ2n) is 9.29. The SMILES string of the molecule is O[C@@]1(c2ccccc2)C[C@@H](c2ccccc2)O[C@H](COCc2ccccc2)[C@H]1OCc1ccccc1. The molecule has 4 atom stereocenters. The summed E-state index contributed by atoms with van der Waals surface area (Å²) in [7, 11) is 0. The molecule has 0 radical (unpaired) electrons. The maximum atomic E-state index is 12.3. The third-order valence-corrected chi connectivity index (χ3v) is 6.76. The second-order valence-corrected chi connectivity index (χ2v) is 9.29. The molecule has 1 saturated heterocycles. The maximum absolute atomic E-state index is 12.3. The Balaban J connectivity index is 1.45. The van der Waals surface area contributed by atoms with E-state index in [2.05, 4.69) is 0 Å². The Morgan fingerprint density at radius 2 is 1.22 bits per heavy atom. The summed E-state index contributed by atoms with van der Waals surface area (Å²) in [4.78, 5) is 0. The zero-order valence-electron chi connectivity index (χ0n) is 20.3. The highest BCUT2D eigenvalue weighted by molar-refractivity contribution is 5.28. The summed E-state index contributed by atoms with van der Waals surface area (Å²) >= 11 is 0. The lowest BCUT2D eigenvalue weighted by Crippen LogP contribution is -2.56. The molecule has 0 saturated carbocycles. The van der Waals surface area contributed by atoms with E-state index in [1.807, 2.05) is 121 Å². The first-order valence-corrected chi connectivity index (χ1v) is 12.5. The highest BCUT2D eigenvalue weighted by Crippen LogP contribution is 2.45. The van der Waals surface area contributed by atoms with E-state index in [4.69, 9.17) is 14.2 Å². The Morgan fingerprint density at radius 1 is 0.694 bits per heavy atom. The minimum Gasteiger partial charge on any atom is -0.382 e. The first-order valence-electron chi connectivity index (χ1n) is 12.5. The molecule has 0 unspecified atom stereocenters. The average Bonchev–Trinajstić information content (AvgIpc) is 2.94. The predicted octanol–water partition coefficient (Wildman–Crippen LogP) is 6.21. The Labute approximate surface area is 213 Å². The van der Waals surface area contributed by atoms with Gasteiger partial charge in [-0.3, -0.25) is 0 Å². The quantitative estimate of drug-likeness (QED) is 0.310. The molecule has 36 heavy (non-hydrogen) atoms. The summed E-state index contributed by atoms with van der Waals surface area (Å²) in [6, 6.07) is 40.0. The van der Waals surface area contributed by atoms with Crippen molar-refractivity contribution in [1.82, 2.24) is 0 Å². The van der Waals surface area contributed by atoms with Gasteiger partial charge < -0.3 is 19.3 Å². The minimum atomic E-state index is -1.25. The largest absolute Gasteiger partial charge is 0.382 e. The molecule has 4 aromatic rings. The van der Waals surface area contributed by atoms with E-state index in [1.165, 1.54) is 0 Å². The Bertz CT molecular complexity index is 1180. The molecule has 0 spiro atoms. The van der Waals surface area contributed by atoms with Gasteiger partial charge in [-0.25, -0.2) is 0 Å². The van der Waals surface area contributed by atoms with Crippen molar-refractivity contribution >= 4 is 0 Å². The molecule has 5 rings (SSSR count). The van der Waals surface area contributed by atoms with Crippen LogP contribution in [0.2, 0.25) is 0 Å². The Kier molecular flexibility index (Phi) is 7.89. The van der Waals surface area contributed by atoms with E-state index in [0.717, 1.165) is 22.3 Å². The zero-order chi connectivity index (χ0) is 24.6. The van der Waals surface area contributed by atoms with Crippen molar-refractivity contribution in [3.05, 3.63) is 144 Å². The van der Waals surface area contributed by atoms with Crippen LogP contribution in [0.1, 0.15) is 34.8 Å². The van der Waals surface area contributed by atoms with Crippen LogP contribution in [0.25, 0.3) is 0 Å². The van der Waals surface area contributed by atoms with Gasteiger partial charge in [0, 0.05) is 6.42 Å². The highest BCUT2D eigenvalue weighted by atomic mass is 16.6. The number of hydrogen-bond donors (Lipinski definition) is 1. The number of benzene rings is 4. The van der Waals surface area contributed by atoms with Crippen molar-refractivity contribution in [2.45, 2.75) is 43.5 Å². The van der Waals surface area contributed by atoms with Crippen molar-refractivity contribution in [2.75, 3.05) is 6.61 Å². The Hall–Kier alpha value is -3.28. The molecular weight excluding hydrogens is 448 g/mol. The summed E-state index contributed by atoms with van der Waals surface area (Å²) in [5.74, 6) is 0. The maximum Gasteiger partial charge on any atom is 0.121 e. The molecule has 4 nitrogen and oxygen atoms in total. The standard InChI is InChI=1S/C32H32O4/c33-32(28-19-11-4-12-20-28)21-29(27-17-9-3-10-18-27)36-30(24-34-22-25-13-5-1-6-14-25)31(32)35-23-26-15-7-2-8-16-26/h1-20,29-31,33H,21-24H2/t29-,30+,31+,32+/m0/s1. The summed E-state index contributed by atoms with van der Waals surface area (Å²) in [6.07, 6.45) is -0.994. The molecule has 0 amide bonds. The number of hydrogen-bond acceptors (Lipinski definition) is 4. The molecule has 1 aliphatic heterocycles. The fourth-order valence-electron chi connectivity index (χ4n) is 4.91. The fourth-order valence-corrected chi connectivity index (χ4v) is 4.91. The normalized spacial score (nSPS) is 23.9. The molecule has 0 bridgehead atoms. The van der Waals surface area contributed by atoms with Gasteiger partial charge in [0.15, 0.2) is 0 Å². The van der Waals surface area contributed by atoms with Crippen molar-refractivity contribution in [2.24, 2.45) is 0 Å². The Morgan fingerprint density at radius 3 is 1.83 bits per heavy atom. The van der Waals surface area contributed by atoms with Crippen LogP contribution >= 0.6 is 0 Å². The van der Waals surface area contributed by atoms with Crippen LogP contribution in [0.4, 0.5) is 0 Å². The third-order valence-electron chi connectivity index (χ3n) is 6.76. The third kappa shape index (κ3) is 5.75. The van der Waals surface area contributed by atoms with Gasteiger partial charge in [0.25, 0.3) is 0 Å². The molecule has 4 heteroatoms. The summed E-state index contributed by atoms with van der Waals surface area (Å²) in [5.41, 5.74) is 2.73. The molecule has 184 valence electrons. The highest BCUT2D eigenvalue weighted by Gasteiger charge is 2.51. The molecule has 1 aliphatic rings. The second kappa shape index (κ2) is 11.6. The van der Waals surface area contributed by atoms with Gasteiger partial charge in [0.05, 0.1) is 25.9 Å². The summed E-state index contributed by atoms with van der Waals surface area (Å²) in [5, 5.41) is 12.3. The average molecular weight is 481 g/mol. The van der Waals surface area contributed by atoms with Crippen LogP contribution < -0.4 is 0 Å². The molecule has 1 heterocycles. The van der Waals surface area contributed by atoms with Gasteiger partial charge in [-0.15, -0.1) is 0 Å². The molecule has 1 fully saturated rings. The van der Waals surface area contributed by atoms with Gasteiger partial charge in [0.2, 0.25) is 0 Å². The van der Waals surface area contributed by atoms with E-state index in [1.54, 1.807) is 0 Å². The molecule has 0 aliphatic carbocycles. The van der Waals surface area contributed by atoms with Crippen molar-refractivity contribution in [3.8, 4) is 0 Å². The lowest BCUT2D eigenvalue weighted by Gasteiger charge is -2.47. The summed E-state index contributed by atoms with van der Waals surface area (Å²) < 4.78 is 19.2. The van der Waals surface area contributed by atoms with Gasteiger partial charge in [0.1, 0.15) is 17.8 Å². The van der Waals surface area contributed by atoms with E-state index < -0.39 is 17.8 Å². The minimum absolute atomic E-state index is 0.293. The lowest BCUT2D eigenvalue weighted by atomic mass is 9.77. The van der Waals surface area contributed by atoms with Gasteiger partial charge >= 0.3 is 0 Å². The predicted molar refractivity (Wildman–Crippen MR) is 140 cm³/mol. The van der Waals surface area contributed by atoms with E-state index in [-0.39, 0.29) is 6.10 Å².